The molecule has 0 aromatic heterocycles. The molecule has 12 heavy (non-hydrogen) atoms. The van der Waals surface area contributed by atoms with Crippen molar-refractivity contribution in [2.45, 2.75) is 50.7 Å². The van der Waals surface area contributed by atoms with Crippen molar-refractivity contribution in [3.63, 3.8) is 0 Å². The molecule has 5 N–H and O–H groups in total. The summed E-state index contributed by atoms with van der Waals surface area (Å²) in [6, 6.07) is 1.55. The van der Waals surface area contributed by atoms with E-state index in [1.807, 2.05) is 0 Å². The summed E-state index contributed by atoms with van der Waals surface area (Å²) in [6.45, 7) is 2.86. The van der Waals surface area contributed by atoms with Crippen molar-refractivity contribution in [2.24, 2.45) is 11.5 Å². The van der Waals surface area contributed by atoms with Crippen LogP contribution in [0.25, 0.3) is 0 Å². The molecule has 72 valence electrons. The first-order valence-corrected chi connectivity index (χ1v) is 4.94. The van der Waals surface area contributed by atoms with Crippen molar-refractivity contribution in [3.8, 4) is 0 Å². The lowest BCUT2D eigenvalue weighted by Crippen LogP contribution is -2.44. The zero-order chi connectivity index (χ0) is 8.97. The predicted octanol–water partition coefficient (Wildman–Crippen LogP) is 0.193. The van der Waals surface area contributed by atoms with E-state index in [1.165, 1.54) is 12.8 Å². The van der Waals surface area contributed by atoms with Crippen molar-refractivity contribution in [2.75, 3.05) is 6.54 Å². The molecule has 0 aromatic carbocycles. The molecule has 0 heterocycles. The molecule has 1 fully saturated rings. The Morgan fingerprint density at radius 2 is 1.92 bits per heavy atom. The average molecular weight is 171 g/mol. The fourth-order valence-electron chi connectivity index (χ4n) is 1.76. The summed E-state index contributed by atoms with van der Waals surface area (Å²) in [5.41, 5.74) is 11.3. The molecule has 1 rings (SSSR count). The third kappa shape index (κ3) is 3.09. The highest BCUT2D eigenvalue weighted by Crippen LogP contribution is 2.17. The Morgan fingerprint density at radius 3 is 2.42 bits per heavy atom. The molecule has 1 saturated carbocycles. The van der Waals surface area contributed by atoms with Crippen LogP contribution in [0.15, 0.2) is 0 Å². The SMILES string of the molecule is CC(CN)NC1CCC(N)CC1. The summed E-state index contributed by atoms with van der Waals surface area (Å²) in [5, 5.41) is 3.51. The van der Waals surface area contributed by atoms with Gasteiger partial charge < -0.3 is 16.8 Å². The first-order valence-electron chi connectivity index (χ1n) is 4.94. The molecule has 0 saturated heterocycles. The predicted molar refractivity (Wildman–Crippen MR) is 51.9 cm³/mol. The van der Waals surface area contributed by atoms with Crippen molar-refractivity contribution in [1.82, 2.24) is 5.32 Å². The minimum atomic E-state index is 0.441. The van der Waals surface area contributed by atoms with E-state index in [0.29, 0.717) is 18.1 Å². The average Bonchev–Trinajstić information content (AvgIpc) is 2.09. The number of hydrogen-bond donors (Lipinski definition) is 3. The van der Waals surface area contributed by atoms with Crippen LogP contribution in [-0.4, -0.2) is 24.7 Å². The molecule has 0 radical (unpaired) electrons. The molecule has 1 aliphatic carbocycles. The zero-order valence-corrected chi connectivity index (χ0v) is 7.92. The van der Waals surface area contributed by atoms with E-state index in [1.54, 1.807) is 0 Å². The minimum Gasteiger partial charge on any atom is -0.329 e. The zero-order valence-electron chi connectivity index (χ0n) is 7.92. The van der Waals surface area contributed by atoms with Crippen LogP contribution >= 0.6 is 0 Å². The molecule has 1 aliphatic rings. The first kappa shape index (κ1) is 9.96. The van der Waals surface area contributed by atoms with Gasteiger partial charge in [0.15, 0.2) is 0 Å². The Labute approximate surface area is 74.9 Å². The van der Waals surface area contributed by atoms with Crippen LogP contribution in [0.5, 0.6) is 0 Å². The van der Waals surface area contributed by atoms with Gasteiger partial charge in [-0.25, -0.2) is 0 Å². The highest BCUT2D eigenvalue weighted by Gasteiger charge is 2.18. The van der Waals surface area contributed by atoms with E-state index in [9.17, 15) is 0 Å². The number of rotatable bonds is 3. The smallest absolute Gasteiger partial charge is 0.0164 e. The molecule has 0 amide bonds. The topological polar surface area (TPSA) is 64.1 Å². The van der Waals surface area contributed by atoms with E-state index in [0.717, 1.165) is 19.4 Å². The molecule has 1 unspecified atom stereocenters. The summed E-state index contributed by atoms with van der Waals surface area (Å²) < 4.78 is 0. The van der Waals surface area contributed by atoms with Gasteiger partial charge in [0.25, 0.3) is 0 Å². The Hall–Kier alpha value is -0.120. The van der Waals surface area contributed by atoms with Crippen LogP contribution in [0.3, 0.4) is 0 Å². The lowest BCUT2D eigenvalue weighted by atomic mass is 9.91. The van der Waals surface area contributed by atoms with Gasteiger partial charge in [0.05, 0.1) is 0 Å². The van der Waals surface area contributed by atoms with Gasteiger partial charge >= 0.3 is 0 Å². The third-order valence-corrected chi connectivity index (χ3v) is 2.65. The molecule has 3 heteroatoms. The fraction of sp³-hybridized carbons (Fsp3) is 1.00. The van der Waals surface area contributed by atoms with E-state index in [-0.39, 0.29) is 0 Å². The maximum Gasteiger partial charge on any atom is 0.0164 e. The number of hydrogen-bond acceptors (Lipinski definition) is 3. The Balaban J connectivity index is 2.17. The number of nitrogens with two attached hydrogens (primary N) is 2. The molecule has 0 bridgehead atoms. The van der Waals surface area contributed by atoms with Crippen LogP contribution in [-0.2, 0) is 0 Å². The molecule has 0 aromatic rings. The summed E-state index contributed by atoms with van der Waals surface area (Å²) in [5.74, 6) is 0. The molecule has 0 spiro atoms. The summed E-state index contributed by atoms with van der Waals surface area (Å²) in [7, 11) is 0. The van der Waals surface area contributed by atoms with Gasteiger partial charge in [-0.05, 0) is 32.6 Å². The van der Waals surface area contributed by atoms with E-state index in [2.05, 4.69) is 12.2 Å². The largest absolute Gasteiger partial charge is 0.329 e. The highest BCUT2D eigenvalue weighted by atomic mass is 15.0. The molecule has 0 aliphatic heterocycles. The second-order valence-electron chi connectivity index (χ2n) is 3.92. The van der Waals surface area contributed by atoms with E-state index in [4.69, 9.17) is 11.5 Å². The Bertz CT molecular complexity index is 119. The highest BCUT2D eigenvalue weighted by molar-refractivity contribution is 4.80. The summed E-state index contributed by atoms with van der Waals surface area (Å²) in [4.78, 5) is 0. The van der Waals surface area contributed by atoms with E-state index >= 15 is 0 Å². The second kappa shape index (κ2) is 4.80. The molecular weight excluding hydrogens is 150 g/mol. The Morgan fingerprint density at radius 1 is 1.33 bits per heavy atom. The maximum absolute atomic E-state index is 5.81. The van der Waals surface area contributed by atoms with E-state index < -0.39 is 0 Å². The lowest BCUT2D eigenvalue weighted by Gasteiger charge is -2.29. The van der Waals surface area contributed by atoms with Crippen molar-refractivity contribution >= 4 is 0 Å². The van der Waals surface area contributed by atoms with Crippen LogP contribution < -0.4 is 16.8 Å². The molecule has 3 nitrogen and oxygen atoms in total. The van der Waals surface area contributed by atoms with Gasteiger partial charge in [0.1, 0.15) is 0 Å². The van der Waals surface area contributed by atoms with Crippen LogP contribution in [0.4, 0.5) is 0 Å². The monoisotopic (exact) mass is 171 g/mol. The summed E-state index contributed by atoms with van der Waals surface area (Å²) >= 11 is 0. The standard InChI is InChI=1S/C9H21N3/c1-7(6-10)12-9-4-2-8(11)3-5-9/h7-9,12H,2-6,10-11H2,1H3. The van der Waals surface area contributed by atoms with Gasteiger partial charge in [-0.1, -0.05) is 0 Å². The van der Waals surface area contributed by atoms with Crippen molar-refractivity contribution in [3.05, 3.63) is 0 Å². The van der Waals surface area contributed by atoms with Gasteiger partial charge in [0.2, 0.25) is 0 Å². The summed E-state index contributed by atoms with van der Waals surface area (Å²) in [6.07, 6.45) is 4.75. The third-order valence-electron chi connectivity index (χ3n) is 2.65. The lowest BCUT2D eigenvalue weighted by molar-refractivity contribution is 0.322. The normalized spacial score (nSPS) is 33.2. The van der Waals surface area contributed by atoms with Crippen molar-refractivity contribution < 1.29 is 0 Å². The van der Waals surface area contributed by atoms with Gasteiger partial charge in [-0.3, -0.25) is 0 Å². The minimum absolute atomic E-state index is 0.441. The second-order valence-corrected chi connectivity index (χ2v) is 3.92. The van der Waals surface area contributed by atoms with Gasteiger partial charge in [-0.15, -0.1) is 0 Å². The molecule has 1 atom stereocenters. The fourth-order valence-corrected chi connectivity index (χ4v) is 1.76. The first-order chi connectivity index (χ1) is 5.72. The number of nitrogens with one attached hydrogen (secondary N) is 1. The van der Waals surface area contributed by atoms with Gasteiger partial charge in [0, 0.05) is 24.7 Å². The van der Waals surface area contributed by atoms with Crippen LogP contribution in [0.1, 0.15) is 32.6 Å². The van der Waals surface area contributed by atoms with Crippen LogP contribution in [0.2, 0.25) is 0 Å². The van der Waals surface area contributed by atoms with Crippen molar-refractivity contribution in [1.29, 1.82) is 0 Å². The van der Waals surface area contributed by atoms with Crippen LogP contribution in [0, 0.1) is 0 Å². The van der Waals surface area contributed by atoms with Gasteiger partial charge in [-0.2, -0.15) is 0 Å². The maximum atomic E-state index is 5.81. The Kier molecular flexibility index (Phi) is 3.98. The quantitative estimate of drug-likeness (QED) is 0.568. The molecular formula is C9H21N3.